The molecule has 1 heterocycles. The lowest BCUT2D eigenvalue weighted by atomic mass is 10.2. The van der Waals surface area contributed by atoms with Crippen LogP contribution >= 0.6 is 11.6 Å². The van der Waals surface area contributed by atoms with Gasteiger partial charge in [-0.1, -0.05) is 29.8 Å². The van der Waals surface area contributed by atoms with E-state index in [-0.39, 0.29) is 11.7 Å². The van der Waals surface area contributed by atoms with Gasteiger partial charge in [0.05, 0.1) is 18.4 Å². The summed E-state index contributed by atoms with van der Waals surface area (Å²) in [5.74, 6) is 0.416. The maximum Gasteiger partial charge on any atom is 0.257 e. The molecule has 138 valence electrons. The number of amides is 1. The highest BCUT2D eigenvalue weighted by Gasteiger charge is 2.11. The van der Waals surface area contributed by atoms with Gasteiger partial charge in [-0.05, 0) is 36.4 Å². The molecule has 0 atom stereocenters. The molecule has 1 amide bonds. The van der Waals surface area contributed by atoms with E-state index in [2.05, 4.69) is 15.6 Å². The van der Waals surface area contributed by atoms with E-state index in [1.807, 2.05) is 0 Å². The van der Waals surface area contributed by atoms with E-state index in [0.29, 0.717) is 39.9 Å². The van der Waals surface area contributed by atoms with E-state index < -0.39 is 0 Å². The normalized spacial score (nSPS) is 10.3. The summed E-state index contributed by atoms with van der Waals surface area (Å²) in [5.41, 5.74) is 1.37. The molecule has 2 aromatic carbocycles. The van der Waals surface area contributed by atoms with Crippen molar-refractivity contribution in [2.45, 2.75) is 6.54 Å². The van der Waals surface area contributed by atoms with Crippen LogP contribution in [-0.4, -0.2) is 18.0 Å². The lowest BCUT2D eigenvalue weighted by Gasteiger charge is -2.11. The molecule has 0 aliphatic carbocycles. The topological polar surface area (TPSA) is 63.2 Å². The first-order valence-corrected chi connectivity index (χ1v) is 8.53. The van der Waals surface area contributed by atoms with Crippen molar-refractivity contribution in [3.8, 4) is 5.75 Å². The first kappa shape index (κ1) is 18.7. The maximum absolute atomic E-state index is 13.6. The molecule has 0 radical (unpaired) electrons. The first-order valence-electron chi connectivity index (χ1n) is 8.15. The second-order valence-corrected chi connectivity index (χ2v) is 6.11. The van der Waals surface area contributed by atoms with Gasteiger partial charge < -0.3 is 15.4 Å². The fourth-order valence-corrected chi connectivity index (χ4v) is 2.60. The molecule has 0 spiro atoms. The van der Waals surface area contributed by atoms with Crippen molar-refractivity contribution in [2.75, 3.05) is 17.7 Å². The van der Waals surface area contributed by atoms with Crippen LogP contribution in [-0.2, 0) is 6.54 Å². The van der Waals surface area contributed by atoms with Gasteiger partial charge in [0, 0.05) is 23.3 Å². The number of rotatable bonds is 6. The number of hydrogen-bond donors (Lipinski definition) is 2. The van der Waals surface area contributed by atoms with Crippen molar-refractivity contribution >= 4 is 29.0 Å². The molecule has 0 bridgehead atoms. The number of hydrogen-bond acceptors (Lipinski definition) is 4. The Morgan fingerprint density at radius 1 is 1.19 bits per heavy atom. The highest BCUT2D eigenvalue weighted by Crippen LogP contribution is 2.28. The van der Waals surface area contributed by atoms with Crippen LogP contribution in [0.25, 0.3) is 0 Å². The van der Waals surface area contributed by atoms with Gasteiger partial charge in [-0.15, -0.1) is 0 Å². The van der Waals surface area contributed by atoms with Crippen LogP contribution in [0.5, 0.6) is 5.75 Å². The Morgan fingerprint density at radius 3 is 2.70 bits per heavy atom. The van der Waals surface area contributed by atoms with Gasteiger partial charge in [-0.25, -0.2) is 9.37 Å². The van der Waals surface area contributed by atoms with Crippen LogP contribution in [0, 0.1) is 5.82 Å². The van der Waals surface area contributed by atoms with Crippen LogP contribution in [0.15, 0.2) is 60.8 Å². The average Bonchev–Trinajstić information content (AvgIpc) is 2.68. The second-order valence-electron chi connectivity index (χ2n) is 5.68. The molecule has 0 saturated heterocycles. The molecule has 3 aromatic rings. The van der Waals surface area contributed by atoms with Crippen LogP contribution in [0.1, 0.15) is 15.9 Å². The van der Waals surface area contributed by atoms with Gasteiger partial charge >= 0.3 is 0 Å². The minimum atomic E-state index is -0.344. The van der Waals surface area contributed by atoms with E-state index in [1.165, 1.54) is 19.4 Å². The molecule has 5 nitrogen and oxygen atoms in total. The lowest BCUT2D eigenvalue weighted by Crippen LogP contribution is -2.13. The fourth-order valence-electron chi connectivity index (χ4n) is 2.43. The van der Waals surface area contributed by atoms with Gasteiger partial charge in [-0.3, -0.25) is 4.79 Å². The van der Waals surface area contributed by atoms with Crippen molar-refractivity contribution in [3.63, 3.8) is 0 Å². The molecule has 0 aliphatic heterocycles. The minimum Gasteiger partial charge on any atom is -0.495 e. The third-order valence-electron chi connectivity index (χ3n) is 3.85. The Kier molecular flexibility index (Phi) is 5.88. The summed E-state index contributed by atoms with van der Waals surface area (Å²) in [4.78, 5) is 16.6. The Balaban J connectivity index is 1.65. The number of aromatic nitrogens is 1. The molecule has 27 heavy (non-hydrogen) atoms. The predicted molar refractivity (Wildman–Crippen MR) is 104 cm³/mol. The Bertz CT molecular complexity index is 948. The molecule has 0 fully saturated rings. The number of halogens is 2. The molecule has 7 heteroatoms. The van der Waals surface area contributed by atoms with Crippen molar-refractivity contribution in [3.05, 3.63) is 82.8 Å². The summed E-state index contributed by atoms with van der Waals surface area (Å²) in [5, 5.41) is 6.25. The van der Waals surface area contributed by atoms with Gasteiger partial charge in [0.25, 0.3) is 5.91 Å². The number of pyridine rings is 1. The summed E-state index contributed by atoms with van der Waals surface area (Å²) >= 11 is 5.97. The molecule has 0 unspecified atom stereocenters. The zero-order valence-corrected chi connectivity index (χ0v) is 15.3. The van der Waals surface area contributed by atoms with E-state index in [4.69, 9.17) is 16.3 Å². The zero-order valence-electron chi connectivity index (χ0n) is 14.5. The van der Waals surface area contributed by atoms with Gasteiger partial charge in [-0.2, -0.15) is 0 Å². The monoisotopic (exact) mass is 385 g/mol. The third kappa shape index (κ3) is 4.74. The standard InChI is InChI=1S/C20H17ClFN3O2/c1-27-18-8-7-15(21)10-17(18)25-20(26)14-6-9-19(24-12-14)23-11-13-4-2-3-5-16(13)22/h2-10,12H,11H2,1H3,(H,23,24)(H,25,26). The number of methoxy groups -OCH3 is 1. The molecule has 1 aromatic heterocycles. The van der Waals surface area contributed by atoms with E-state index in [0.717, 1.165) is 0 Å². The molecule has 2 N–H and O–H groups in total. The van der Waals surface area contributed by atoms with Crippen LogP contribution in [0.4, 0.5) is 15.9 Å². The highest BCUT2D eigenvalue weighted by molar-refractivity contribution is 6.31. The van der Waals surface area contributed by atoms with Crippen LogP contribution < -0.4 is 15.4 Å². The Morgan fingerprint density at radius 2 is 2.00 bits per heavy atom. The van der Waals surface area contributed by atoms with Gasteiger partial charge in [0.2, 0.25) is 0 Å². The summed E-state index contributed by atoms with van der Waals surface area (Å²) in [6.07, 6.45) is 1.44. The largest absolute Gasteiger partial charge is 0.495 e. The summed E-state index contributed by atoms with van der Waals surface area (Å²) in [6, 6.07) is 14.7. The molecule has 3 rings (SSSR count). The van der Waals surface area contributed by atoms with Gasteiger partial charge in [0.1, 0.15) is 17.4 Å². The SMILES string of the molecule is COc1ccc(Cl)cc1NC(=O)c1ccc(NCc2ccccc2F)nc1. The summed E-state index contributed by atoms with van der Waals surface area (Å²) in [7, 11) is 1.51. The van der Waals surface area contributed by atoms with Crippen LogP contribution in [0.3, 0.4) is 0 Å². The Hall–Kier alpha value is -3.12. The second kappa shape index (κ2) is 8.51. The van der Waals surface area contributed by atoms with Crippen molar-refractivity contribution < 1.29 is 13.9 Å². The summed E-state index contributed by atoms with van der Waals surface area (Å²) in [6.45, 7) is 0.297. The fraction of sp³-hybridized carbons (Fsp3) is 0.100. The zero-order chi connectivity index (χ0) is 19.2. The maximum atomic E-state index is 13.6. The number of anilines is 2. The number of ether oxygens (including phenoxy) is 1. The van der Waals surface area contributed by atoms with E-state index >= 15 is 0 Å². The quantitative estimate of drug-likeness (QED) is 0.643. The molecule has 0 saturated carbocycles. The Labute approximate surface area is 161 Å². The summed E-state index contributed by atoms with van der Waals surface area (Å²) < 4.78 is 18.8. The third-order valence-corrected chi connectivity index (χ3v) is 4.09. The number of nitrogens with one attached hydrogen (secondary N) is 2. The molecule has 0 aliphatic rings. The van der Waals surface area contributed by atoms with Gasteiger partial charge in [0.15, 0.2) is 0 Å². The van der Waals surface area contributed by atoms with Crippen molar-refractivity contribution in [2.24, 2.45) is 0 Å². The minimum absolute atomic E-state index is 0.281. The predicted octanol–water partition coefficient (Wildman–Crippen LogP) is 4.75. The van der Waals surface area contributed by atoms with Crippen LogP contribution in [0.2, 0.25) is 5.02 Å². The highest BCUT2D eigenvalue weighted by atomic mass is 35.5. The number of carbonyl (C=O) groups is 1. The van der Waals surface area contributed by atoms with E-state index in [1.54, 1.807) is 48.5 Å². The number of carbonyl (C=O) groups excluding carboxylic acids is 1. The van der Waals surface area contributed by atoms with Crippen molar-refractivity contribution in [1.29, 1.82) is 0 Å². The first-order chi connectivity index (χ1) is 13.1. The molecular formula is C20H17ClFN3O2. The average molecular weight is 386 g/mol. The van der Waals surface area contributed by atoms with E-state index in [9.17, 15) is 9.18 Å². The molecular weight excluding hydrogens is 369 g/mol. The lowest BCUT2D eigenvalue weighted by molar-refractivity contribution is 0.102. The number of benzene rings is 2. The smallest absolute Gasteiger partial charge is 0.257 e. The van der Waals surface area contributed by atoms with Crippen molar-refractivity contribution in [1.82, 2.24) is 4.98 Å². The number of nitrogens with zero attached hydrogens (tertiary/aromatic N) is 1.